The monoisotopic (exact) mass is 312 g/mol. The second-order valence-corrected chi connectivity index (χ2v) is 4.69. The highest BCUT2D eigenvalue weighted by Gasteiger charge is 2.08. The molecule has 0 atom stereocenters. The zero-order valence-corrected chi connectivity index (χ0v) is 12.8. The molecule has 5 heteroatoms. The number of carbonyl (C=O) groups excluding carboxylic acids is 1. The van der Waals surface area contributed by atoms with Crippen LogP contribution in [0.3, 0.4) is 0 Å². The smallest absolute Gasteiger partial charge is 0.335 e. The van der Waals surface area contributed by atoms with Crippen molar-refractivity contribution in [2.75, 3.05) is 14.2 Å². The second-order valence-electron chi connectivity index (χ2n) is 4.69. The van der Waals surface area contributed by atoms with E-state index in [0.29, 0.717) is 17.1 Å². The summed E-state index contributed by atoms with van der Waals surface area (Å²) in [7, 11) is 3.03. The van der Waals surface area contributed by atoms with E-state index in [0.717, 1.165) is 5.56 Å². The van der Waals surface area contributed by atoms with E-state index >= 15 is 0 Å². The number of ketones is 1. The van der Waals surface area contributed by atoms with Crippen LogP contribution < -0.4 is 9.47 Å². The Morgan fingerprint density at radius 3 is 2.09 bits per heavy atom. The van der Waals surface area contributed by atoms with Crippen LogP contribution in [0, 0.1) is 0 Å². The van der Waals surface area contributed by atoms with Crippen LogP contribution in [0.2, 0.25) is 0 Å². The first-order chi connectivity index (χ1) is 11.0. The van der Waals surface area contributed by atoms with Gasteiger partial charge in [-0.05, 0) is 42.0 Å². The minimum Gasteiger partial charge on any atom is -0.493 e. The molecule has 118 valence electrons. The van der Waals surface area contributed by atoms with Crippen LogP contribution in [-0.2, 0) is 0 Å². The van der Waals surface area contributed by atoms with Crippen molar-refractivity contribution in [2.24, 2.45) is 0 Å². The van der Waals surface area contributed by atoms with Crippen LogP contribution in [-0.4, -0.2) is 31.1 Å². The summed E-state index contributed by atoms with van der Waals surface area (Å²) in [4.78, 5) is 23.0. The van der Waals surface area contributed by atoms with E-state index in [4.69, 9.17) is 14.6 Å². The zero-order chi connectivity index (χ0) is 16.8. The Balaban J connectivity index is 2.16. The van der Waals surface area contributed by atoms with E-state index in [2.05, 4.69) is 0 Å². The van der Waals surface area contributed by atoms with Crippen LogP contribution in [0.1, 0.15) is 26.3 Å². The van der Waals surface area contributed by atoms with Gasteiger partial charge in [0.15, 0.2) is 17.3 Å². The molecule has 0 bridgehead atoms. The maximum absolute atomic E-state index is 12.2. The first-order valence-electron chi connectivity index (χ1n) is 6.83. The SMILES string of the molecule is COc1ccc(C(=O)/C=C\c2ccc(C(=O)O)cc2)cc1OC. The van der Waals surface area contributed by atoms with Gasteiger partial charge in [-0.25, -0.2) is 4.79 Å². The Bertz CT molecular complexity index is 745. The Labute approximate surface area is 133 Å². The lowest BCUT2D eigenvalue weighted by Crippen LogP contribution is -1.97. The second kappa shape index (κ2) is 7.26. The highest BCUT2D eigenvalue weighted by molar-refractivity contribution is 6.07. The molecule has 1 N–H and O–H groups in total. The van der Waals surface area contributed by atoms with Crippen LogP contribution in [0.15, 0.2) is 48.5 Å². The molecular weight excluding hydrogens is 296 g/mol. The molecule has 0 aliphatic heterocycles. The normalized spacial score (nSPS) is 10.5. The van der Waals surface area contributed by atoms with E-state index in [-0.39, 0.29) is 11.3 Å². The van der Waals surface area contributed by atoms with E-state index in [1.165, 1.54) is 32.4 Å². The van der Waals surface area contributed by atoms with Gasteiger partial charge < -0.3 is 14.6 Å². The van der Waals surface area contributed by atoms with Crippen molar-refractivity contribution in [2.45, 2.75) is 0 Å². The Morgan fingerprint density at radius 2 is 1.52 bits per heavy atom. The topological polar surface area (TPSA) is 72.8 Å². The van der Waals surface area contributed by atoms with Gasteiger partial charge in [0.2, 0.25) is 0 Å². The van der Waals surface area contributed by atoms with Crippen molar-refractivity contribution in [3.05, 3.63) is 65.2 Å². The molecule has 0 amide bonds. The van der Waals surface area contributed by atoms with E-state index in [1.54, 1.807) is 36.4 Å². The maximum Gasteiger partial charge on any atom is 0.335 e. The molecule has 0 aliphatic carbocycles. The van der Waals surface area contributed by atoms with Crippen LogP contribution in [0.5, 0.6) is 11.5 Å². The summed E-state index contributed by atoms with van der Waals surface area (Å²) in [6.07, 6.45) is 3.06. The summed E-state index contributed by atoms with van der Waals surface area (Å²) in [5.74, 6) is -0.134. The van der Waals surface area contributed by atoms with Crippen molar-refractivity contribution in [1.82, 2.24) is 0 Å². The van der Waals surface area contributed by atoms with Crippen LogP contribution in [0.4, 0.5) is 0 Å². The Kier molecular flexibility index (Phi) is 5.15. The lowest BCUT2D eigenvalue weighted by molar-refractivity contribution is 0.0696. The van der Waals surface area contributed by atoms with E-state index in [9.17, 15) is 9.59 Å². The lowest BCUT2D eigenvalue weighted by Gasteiger charge is -2.08. The number of allylic oxidation sites excluding steroid dienone is 1. The number of methoxy groups -OCH3 is 2. The van der Waals surface area contributed by atoms with E-state index in [1.807, 2.05) is 0 Å². The molecule has 0 fully saturated rings. The molecule has 0 unspecified atom stereocenters. The van der Waals surface area contributed by atoms with Gasteiger partial charge in [0, 0.05) is 5.56 Å². The number of hydrogen-bond donors (Lipinski definition) is 1. The number of carbonyl (C=O) groups is 2. The molecule has 0 heterocycles. The molecule has 0 saturated heterocycles. The fourth-order valence-electron chi connectivity index (χ4n) is 1.99. The molecule has 0 spiro atoms. The summed E-state index contributed by atoms with van der Waals surface area (Å²) in [5.41, 5.74) is 1.42. The molecule has 2 aromatic carbocycles. The third-order valence-electron chi connectivity index (χ3n) is 3.25. The summed E-state index contributed by atoms with van der Waals surface area (Å²) >= 11 is 0. The third-order valence-corrected chi connectivity index (χ3v) is 3.25. The fraction of sp³-hybridized carbons (Fsp3) is 0.111. The highest BCUT2D eigenvalue weighted by atomic mass is 16.5. The number of benzene rings is 2. The van der Waals surface area contributed by atoms with Gasteiger partial charge >= 0.3 is 5.97 Å². The van der Waals surface area contributed by atoms with Crippen molar-refractivity contribution in [3.8, 4) is 11.5 Å². The molecule has 5 nitrogen and oxygen atoms in total. The number of aromatic carboxylic acids is 1. The molecule has 2 aromatic rings. The van der Waals surface area contributed by atoms with Crippen LogP contribution in [0.25, 0.3) is 6.08 Å². The van der Waals surface area contributed by atoms with Gasteiger partial charge in [-0.2, -0.15) is 0 Å². The molecule has 23 heavy (non-hydrogen) atoms. The zero-order valence-electron chi connectivity index (χ0n) is 12.8. The molecule has 2 rings (SSSR count). The standard InChI is InChI=1S/C18H16O5/c1-22-16-10-8-14(11-17(16)23-2)15(19)9-5-12-3-6-13(7-4-12)18(20)21/h3-11H,1-2H3,(H,20,21)/b9-5-. The molecule has 0 radical (unpaired) electrons. The van der Waals surface area contributed by atoms with Gasteiger partial charge in [-0.1, -0.05) is 18.2 Å². The molecule has 0 aromatic heterocycles. The third kappa shape index (κ3) is 3.97. The quantitative estimate of drug-likeness (QED) is 0.654. The average molecular weight is 312 g/mol. The van der Waals surface area contributed by atoms with Crippen LogP contribution >= 0.6 is 0 Å². The lowest BCUT2D eigenvalue weighted by atomic mass is 10.1. The van der Waals surface area contributed by atoms with Gasteiger partial charge in [-0.15, -0.1) is 0 Å². The molecule has 0 saturated carbocycles. The van der Waals surface area contributed by atoms with Gasteiger partial charge in [0.25, 0.3) is 0 Å². The highest BCUT2D eigenvalue weighted by Crippen LogP contribution is 2.27. The largest absolute Gasteiger partial charge is 0.493 e. The van der Waals surface area contributed by atoms with Gasteiger partial charge in [0.05, 0.1) is 19.8 Å². The first kappa shape index (κ1) is 16.3. The predicted molar refractivity (Wildman–Crippen MR) is 86.3 cm³/mol. The van der Waals surface area contributed by atoms with Crippen molar-refractivity contribution < 1.29 is 24.2 Å². The molecule has 0 aliphatic rings. The minimum atomic E-state index is -0.984. The van der Waals surface area contributed by atoms with Gasteiger partial charge in [-0.3, -0.25) is 4.79 Å². The number of carboxylic acids is 1. The number of carboxylic acid groups (broad SMARTS) is 1. The van der Waals surface area contributed by atoms with Crippen molar-refractivity contribution in [1.29, 1.82) is 0 Å². The molecular formula is C18H16O5. The maximum atomic E-state index is 12.2. The van der Waals surface area contributed by atoms with Crippen molar-refractivity contribution >= 4 is 17.8 Å². The summed E-state index contributed by atoms with van der Waals surface area (Å²) in [6.45, 7) is 0. The summed E-state index contributed by atoms with van der Waals surface area (Å²) in [5, 5.41) is 8.84. The Morgan fingerprint density at radius 1 is 0.913 bits per heavy atom. The fourth-order valence-corrected chi connectivity index (χ4v) is 1.99. The predicted octanol–water partition coefficient (Wildman–Crippen LogP) is 3.30. The van der Waals surface area contributed by atoms with E-state index < -0.39 is 5.97 Å². The summed E-state index contributed by atoms with van der Waals surface area (Å²) in [6, 6.07) is 11.2. The minimum absolute atomic E-state index is 0.187. The number of hydrogen-bond acceptors (Lipinski definition) is 4. The van der Waals surface area contributed by atoms with Crippen molar-refractivity contribution in [3.63, 3.8) is 0 Å². The Hall–Kier alpha value is -3.08. The first-order valence-corrected chi connectivity index (χ1v) is 6.83. The summed E-state index contributed by atoms with van der Waals surface area (Å²) < 4.78 is 10.3. The average Bonchev–Trinajstić information content (AvgIpc) is 2.59. The number of rotatable bonds is 6. The van der Waals surface area contributed by atoms with Gasteiger partial charge in [0.1, 0.15) is 0 Å². The number of ether oxygens (including phenoxy) is 2.